The lowest BCUT2D eigenvalue weighted by atomic mass is 9.86. The normalized spacial score (nSPS) is 22.2. The van der Waals surface area contributed by atoms with Crippen molar-refractivity contribution in [1.82, 2.24) is 15.2 Å². The maximum absolute atomic E-state index is 4.48. The number of nitrogens with one attached hydrogen (secondary N) is 1. The Labute approximate surface area is 124 Å². The fraction of sp³-hybridized carbons (Fsp3) is 0.667. The molecular weight excluding hydrogens is 302 g/mol. The Bertz CT molecular complexity index is 397. The number of halogens is 1. The van der Waals surface area contributed by atoms with Crippen LogP contribution in [0.4, 0.5) is 0 Å². The molecule has 0 bridgehead atoms. The fourth-order valence-corrected chi connectivity index (χ4v) is 2.68. The average molecular weight is 326 g/mol. The van der Waals surface area contributed by atoms with Crippen molar-refractivity contribution in [3.63, 3.8) is 0 Å². The van der Waals surface area contributed by atoms with Gasteiger partial charge in [-0.25, -0.2) is 0 Å². The third-order valence-electron chi connectivity index (χ3n) is 3.70. The van der Waals surface area contributed by atoms with Gasteiger partial charge >= 0.3 is 0 Å². The number of hydrogen-bond donors (Lipinski definition) is 1. The average Bonchev–Trinajstić information content (AvgIpc) is 2.57. The second kappa shape index (κ2) is 6.33. The summed E-state index contributed by atoms with van der Waals surface area (Å²) >= 11 is 3.43. The summed E-state index contributed by atoms with van der Waals surface area (Å²) in [5.74, 6) is 0. The summed E-state index contributed by atoms with van der Waals surface area (Å²) in [5.41, 5.74) is 1.45. The van der Waals surface area contributed by atoms with E-state index < -0.39 is 0 Å². The van der Waals surface area contributed by atoms with E-state index in [0.29, 0.717) is 11.5 Å². The van der Waals surface area contributed by atoms with E-state index in [1.807, 2.05) is 6.20 Å². The van der Waals surface area contributed by atoms with Crippen molar-refractivity contribution in [2.75, 3.05) is 19.6 Å². The fourth-order valence-electron chi connectivity index (χ4n) is 2.45. The summed E-state index contributed by atoms with van der Waals surface area (Å²) in [7, 11) is 0. The lowest BCUT2D eigenvalue weighted by Gasteiger charge is -2.33. The van der Waals surface area contributed by atoms with Crippen molar-refractivity contribution in [2.45, 2.75) is 39.8 Å². The van der Waals surface area contributed by atoms with Gasteiger partial charge < -0.3 is 5.32 Å². The van der Waals surface area contributed by atoms with Crippen molar-refractivity contribution >= 4 is 15.9 Å². The molecule has 2 heterocycles. The molecule has 1 aliphatic heterocycles. The van der Waals surface area contributed by atoms with Crippen LogP contribution in [-0.2, 0) is 6.54 Å². The summed E-state index contributed by atoms with van der Waals surface area (Å²) in [6.07, 6.45) is 3.09. The Hall–Kier alpha value is -0.450. The van der Waals surface area contributed by atoms with Gasteiger partial charge in [0.2, 0.25) is 0 Å². The van der Waals surface area contributed by atoms with Crippen LogP contribution in [0.2, 0.25) is 0 Å². The molecule has 4 heteroatoms. The molecule has 0 amide bonds. The van der Waals surface area contributed by atoms with Crippen molar-refractivity contribution in [1.29, 1.82) is 0 Å². The van der Waals surface area contributed by atoms with E-state index in [9.17, 15) is 0 Å². The summed E-state index contributed by atoms with van der Waals surface area (Å²) < 4.78 is 1.04. The van der Waals surface area contributed by atoms with Gasteiger partial charge in [-0.3, -0.25) is 9.88 Å². The monoisotopic (exact) mass is 325 g/mol. The first-order valence-electron chi connectivity index (χ1n) is 7.01. The molecule has 1 saturated heterocycles. The third kappa shape index (κ3) is 4.55. The zero-order valence-electron chi connectivity index (χ0n) is 12.1. The van der Waals surface area contributed by atoms with Crippen molar-refractivity contribution in [2.24, 2.45) is 5.41 Å². The maximum Gasteiger partial charge on any atom is 0.0544 e. The molecule has 1 aromatic heterocycles. The van der Waals surface area contributed by atoms with Gasteiger partial charge in [-0.05, 0) is 53.0 Å². The smallest absolute Gasteiger partial charge is 0.0544 e. The molecule has 2 rings (SSSR count). The topological polar surface area (TPSA) is 28.2 Å². The number of rotatable bonds is 2. The summed E-state index contributed by atoms with van der Waals surface area (Å²) in [6, 6.07) is 4.72. The second-order valence-electron chi connectivity index (χ2n) is 6.43. The van der Waals surface area contributed by atoms with Crippen LogP contribution < -0.4 is 5.32 Å². The molecule has 1 aromatic rings. The third-order valence-corrected chi connectivity index (χ3v) is 4.17. The highest BCUT2D eigenvalue weighted by molar-refractivity contribution is 9.10. The highest BCUT2D eigenvalue weighted by Crippen LogP contribution is 2.22. The van der Waals surface area contributed by atoms with Crippen molar-refractivity contribution < 1.29 is 0 Å². The number of nitrogens with zero attached hydrogens (tertiary/aromatic N) is 2. The van der Waals surface area contributed by atoms with Crippen LogP contribution in [-0.4, -0.2) is 35.6 Å². The maximum atomic E-state index is 4.48. The molecule has 0 spiro atoms. The zero-order valence-corrected chi connectivity index (χ0v) is 13.7. The van der Waals surface area contributed by atoms with Crippen LogP contribution in [0.25, 0.3) is 0 Å². The highest BCUT2D eigenvalue weighted by Gasteiger charge is 2.27. The van der Waals surface area contributed by atoms with E-state index in [0.717, 1.165) is 36.3 Å². The molecule has 0 aromatic carbocycles. The van der Waals surface area contributed by atoms with Crippen LogP contribution in [0.3, 0.4) is 0 Å². The van der Waals surface area contributed by atoms with E-state index >= 15 is 0 Å². The second-order valence-corrected chi connectivity index (χ2v) is 7.34. The molecule has 106 valence electrons. The Morgan fingerprint density at radius 3 is 2.84 bits per heavy atom. The Balaban J connectivity index is 2.00. The van der Waals surface area contributed by atoms with Crippen LogP contribution in [0.1, 0.15) is 32.9 Å². The van der Waals surface area contributed by atoms with Gasteiger partial charge in [-0.15, -0.1) is 0 Å². The van der Waals surface area contributed by atoms with Crippen LogP contribution in [0, 0.1) is 5.41 Å². The van der Waals surface area contributed by atoms with Gasteiger partial charge in [0.05, 0.1) is 5.69 Å². The Morgan fingerprint density at radius 2 is 2.21 bits per heavy atom. The molecule has 1 fully saturated rings. The van der Waals surface area contributed by atoms with E-state index in [4.69, 9.17) is 0 Å². The number of pyridine rings is 1. The lowest BCUT2D eigenvalue weighted by molar-refractivity contribution is 0.191. The first kappa shape index (κ1) is 14.9. The predicted octanol–water partition coefficient (Wildman–Crippen LogP) is 3.05. The van der Waals surface area contributed by atoms with Crippen LogP contribution in [0.15, 0.2) is 22.8 Å². The molecule has 0 radical (unpaired) electrons. The molecule has 1 N–H and O–H groups in total. The highest BCUT2D eigenvalue weighted by atomic mass is 79.9. The zero-order chi connectivity index (χ0) is 13.9. The molecular formula is C15H24BrN3. The summed E-state index contributed by atoms with van der Waals surface area (Å²) in [6.45, 7) is 11.2. The van der Waals surface area contributed by atoms with E-state index in [1.165, 1.54) is 6.42 Å². The van der Waals surface area contributed by atoms with Crippen molar-refractivity contribution in [3.05, 3.63) is 28.5 Å². The van der Waals surface area contributed by atoms with E-state index in [1.54, 1.807) is 0 Å². The quantitative estimate of drug-likeness (QED) is 0.905. The molecule has 0 aliphatic carbocycles. The lowest BCUT2D eigenvalue weighted by Crippen LogP contribution is -2.46. The molecule has 1 aliphatic rings. The van der Waals surface area contributed by atoms with E-state index in [-0.39, 0.29) is 0 Å². The Kier molecular flexibility index (Phi) is 4.98. The summed E-state index contributed by atoms with van der Waals surface area (Å²) in [5, 5.41) is 3.68. The van der Waals surface area contributed by atoms with E-state index in [2.05, 4.69) is 64.0 Å². The minimum atomic E-state index is 0.301. The van der Waals surface area contributed by atoms with Gasteiger partial charge in [-0.2, -0.15) is 0 Å². The summed E-state index contributed by atoms with van der Waals surface area (Å²) in [4.78, 5) is 7.00. The minimum absolute atomic E-state index is 0.301. The minimum Gasteiger partial charge on any atom is -0.312 e. The van der Waals surface area contributed by atoms with Gasteiger partial charge in [0.25, 0.3) is 0 Å². The first-order valence-corrected chi connectivity index (χ1v) is 7.80. The molecule has 0 saturated carbocycles. The molecule has 19 heavy (non-hydrogen) atoms. The molecule has 1 atom stereocenters. The largest absolute Gasteiger partial charge is 0.312 e. The number of aromatic nitrogens is 1. The first-order chi connectivity index (χ1) is 8.95. The van der Waals surface area contributed by atoms with Crippen molar-refractivity contribution in [3.8, 4) is 0 Å². The number of hydrogen-bond acceptors (Lipinski definition) is 3. The predicted molar refractivity (Wildman–Crippen MR) is 83.1 cm³/mol. The van der Waals surface area contributed by atoms with Crippen LogP contribution in [0.5, 0.6) is 0 Å². The van der Waals surface area contributed by atoms with Gasteiger partial charge in [-0.1, -0.05) is 20.8 Å². The molecule has 3 nitrogen and oxygen atoms in total. The van der Waals surface area contributed by atoms with Crippen LogP contribution >= 0.6 is 15.9 Å². The molecule has 1 unspecified atom stereocenters. The van der Waals surface area contributed by atoms with Gasteiger partial charge in [0.1, 0.15) is 0 Å². The van der Waals surface area contributed by atoms with Gasteiger partial charge in [0.15, 0.2) is 0 Å². The SMILES string of the molecule is CC(C)(C)C1CN(Cc2ccc(Br)cn2)CCCN1. The van der Waals surface area contributed by atoms with Gasteiger partial charge in [0, 0.05) is 29.8 Å². The Morgan fingerprint density at radius 1 is 1.42 bits per heavy atom. The standard InChI is InChI=1S/C15H24BrN3/c1-15(2,3)14-11-19(8-4-7-17-14)10-13-6-5-12(16)9-18-13/h5-6,9,14,17H,4,7-8,10-11H2,1-3H3.